The first-order chi connectivity index (χ1) is 16.1. The highest BCUT2D eigenvalue weighted by Crippen LogP contribution is 2.29. The Morgan fingerprint density at radius 1 is 1.09 bits per heavy atom. The number of hydrogen-bond acceptors (Lipinski definition) is 5. The van der Waals surface area contributed by atoms with Gasteiger partial charge < -0.3 is 10.5 Å². The Labute approximate surface area is 195 Å². The Balaban J connectivity index is 1.64. The van der Waals surface area contributed by atoms with E-state index in [-0.39, 0.29) is 11.8 Å². The maximum atomic E-state index is 13.3. The molecule has 4 rings (SSSR count). The zero-order valence-electron chi connectivity index (χ0n) is 19.0. The van der Waals surface area contributed by atoms with Crippen molar-refractivity contribution in [2.75, 3.05) is 7.11 Å². The number of nitrogens with zero attached hydrogens (tertiary/aromatic N) is 3. The number of ether oxygens (including phenoxy) is 1. The number of benzene rings is 2. The zero-order chi connectivity index (χ0) is 23.2. The largest absolute Gasteiger partial charge is 0.497 e. The first kappa shape index (κ1) is 22.8. The molecule has 1 aromatic heterocycles. The van der Waals surface area contributed by atoms with E-state index in [0.29, 0.717) is 23.6 Å². The molecule has 0 radical (unpaired) electrons. The molecule has 2 unspecified atom stereocenters. The van der Waals surface area contributed by atoms with Gasteiger partial charge >= 0.3 is 0 Å². The van der Waals surface area contributed by atoms with Gasteiger partial charge in [-0.1, -0.05) is 19.3 Å². The maximum absolute atomic E-state index is 13.3. The first-order valence-electron chi connectivity index (χ1n) is 11.6. The lowest BCUT2D eigenvalue weighted by Crippen LogP contribution is -2.23. The second-order valence-corrected chi connectivity index (χ2v) is 8.83. The van der Waals surface area contributed by atoms with Gasteiger partial charge in [-0.15, -0.1) is 0 Å². The monoisotopic (exact) mass is 442 g/mol. The number of carbonyl (C=O) groups is 1. The van der Waals surface area contributed by atoms with Crippen LogP contribution in [0, 0.1) is 17.2 Å². The normalized spacial score (nSPS) is 18.7. The number of methoxy groups -OCH3 is 1. The van der Waals surface area contributed by atoms with Crippen molar-refractivity contribution in [3.05, 3.63) is 65.9 Å². The number of nitrogens with two attached hydrogens (primary N) is 1. The van der Waals surface area contributed by atoms with Crippen LogP contribution in [0.3, 0.4) is 0 Å². The third-order valence-corrected chi connectivity index (χ3v) is 6.48. The van der Waals surface area contributed by atoms with Gasteiger partial charge in [0, 0.05) is 18.0 Å². The number of Topliss-reactive ketones (excluding diaryl/α,β-unsaturated/α-hetero) is 1. The van der Waals surface area contributed by atoms with Gasteiger partial charge in [-0.3, -0.25) is 4.79 Å². The van der Waals surface area contributed by atoms with E-state index < -0.39 is 0 Å². The minimum Gasteiger partial charge on any atom is -0.497 e. The third-order valence-electron chi connectivity index (χ3n) is 6.48. The molecule has 2 aromatic carbocycles. The summed E-state index contributed by atoms with van der Waals surface area (Å²) in [7, 11) is 1.63. The van der Waals surface area contributed by atoms with E-state index in [1.54, 1.807) is 23.9 Å². The summed E-state index contributed by atoms with van der Waals surface area (Å²) in [4.78, 5) is 13.3. The molecule has 170 valence electrons. The van der Waals surface area contributed by atoms with Gasteiger partial charge in [0.15, 0.2) is 5.78 Å². The van der Waals surface area contributed by atoms with Crippen LogP contribution in [0.2, 0.25) is 0 Å². The predicted molar refractivity (Wildman–Crippen MR) is 128 cm³/mol. The fourth-order valence-electron chi connectivity index (χ4n) is 4.51. The molecule has 0 bridgehead atoms. The highest BCUT2D eigenvalue weighted by atomic mass is 16.5. The molecule has 6 nitrogen and oxygen atoms in total. The van der Waals surface area contributed by atoms with E-state index in [1.165, 1.54) is 0 Å². The third kappa shape index (κ3) is 5.50. The highest BCUT2D eigenvalue weighted by molar-refractivity contribution is 5.95. The number of ketones is 1. The van der Waals surface area contributed by atoms with Gasteiger partial charge in [0.05, 0.1) is 30.1 Å². The minimum absolute atomic E-state index is 0.0660. The van der Waals surface area contributed by atoms with Gasteiger partial charge in [-0.25, -0.2) is 4.68 Å². The van der Waals surface area contributed by atoms with Crippen molar-refractivity contribution in [1.82, 2.24) is 9.78 Å². The smallest absolute Gasteiger partial charge is 0.183 e. The van der Waals surface area contributed by atoms with Crippen molar-refractivity contribution in [3.63, 3.8) is 0 Å². The van der Waals surface area contributed by atoms with Crippen molar-refractivity contribution < 1.29 is 9.53 Å². The second-order valence-electron chi connectivity index (χ2n) is 8.83. The fraction of sp³-hybridized carbons (Fsp3) is 0.370. The molecule has 3 aromatic rings. The van der Waals surface area contributed by atoms with Gasteiger partial charge in [0.25, 0.3) is 0 Å². The lowest BCUT2D eigenvalue weighted by Gasteiger charge is -2.22. The lowest BCUT2D eigenvalue weighted by atomic mass is 9.86. The standard InChI is InChI=1S/C27H30N4O2/c1-33-24-14-9-21(10-15-24)26-17-25(30-31(26)23-12-7-20(18-28)8-13-23)27(32)16-19-4-2-3-5-22(29)11-6-19/h7-10,12-15,17,19,22H,2-6,11,16,29H2,1H3. The summed E-state index contributed by atoms with van der Waals surface area (Å²) in [6.45, 7) is 0. The van der Waals surface area contributed by atoms with Crippen LogP contribution in [-0.4, -0.2) is 28.7 Å². The molecule has 6 heteroatoms. The van der Waals surface area contributed by atoms with Gasteiger partial charge in [-0.05, 0) is 79.8 Å². The second kappa shape index (κ2) is 10.5. The van der Waals surface area contributed by atoms with Gasteiger partial charge in [-0.2, -0.15) is 10.4 Å². The summed E-state index contributed by atoms with van der Waals surface area (Å²) in [5.41, 5.74) is 9.78. The van der Waals surface area contributed by atoms with Crippen LogP contribution in [0.25, 0.3) is 16.9 Å². The molecule has 1 heterocycles. The van der Waals surface area contributed by atoms with Crippen LogP contribution < -0.4 is 10.5 Å². The Morgan fingerprint density at radius 2 is 1.82 bits per heavy atom. The highest BCUT2D eigenvalue weighted by Gasteiger charge is 2.22. The van der Waals surface area contributed by atoms with E-state index in [4.69, 9.17) is 20.8 Å². The van der Waals surface area contributed by atoms with E-state index in [0.717, 1.165) is 61.2 Å². The van der Waals surface area contributed by atoms with Crippen molar-refractivity contribution in [2.24, 2.45) is 11.7 Å². The molecular formula is C27H30N4O2. The molecule has 1 aliphatic rings. The Bertz CT molecular complexity index is 1130. The molecule has 1 fully saturated rings. The van der Waals surface area contributed by atoms with Crippen LogP contribution in [0.1, 0.15) is 61.0 Å². The number of aromatic nitrogens is 2. The van der Waals surface area contributed by atoms with Crippen LogP contribution in [0.15, 0.2) is 54.6 Å². The first-order valence-corrected chi connectivity index (χ1v) is 11.6. The SMILES string of the molecule is COc1ccc(-c2cc(C(=O)CC3CCCCC(N)CC3)nn2-c2ccc(C#N)cc2)cc1. The van der Waals surface area contributed by atoms with E-state index >= 15 is 0 Å². The predicted octanol–water partition coefficient (Wildman–Crippen LogP) is 5.29. The summed E-state index contributed by atoms with van der Waals surface area (Å²) in [5, 5.41) is 13.8. The van der Waals surface area contributed by atoms with Crippen molar-refractivity contribution >= 4 is 5.78 Å². The van der Waals surface area contributed by atoms with E-state index in [9.17, 15) is 4.79 Å². The lowest BCUT2D eigenvalue weighted by molar-refractivity contribution is 0.0947. The molecule has 0 amide bonds. The maximum Gasteiger partial charge on any atom is 0.183 e. The average molecular weight is 443 g/mol. The number of carbonyl (C=O) groups excluding carboxylic acids is 1. The molecular weight excluding hydrogens is 412 g/mol. The van der Waals surface area contributed by atoms with Crippen molar-refractivity contribution in [2.45, 2.75) is 51.0 Å². The Morgan fingerprint density at radius 3 is 2.52 bits per heavy atom. The van der Waals surface area contributed by atoms with Gasteiger partial charge in [0.1, 0.15) is 11.4 Å². The van der Waals surface area contributed by atoms with Crippen LogP contribution in [0.5, 0.6) is 5.75 Å². The Kier molecular flexibility index (Phi) is 7.21. The zero-order valence-corrected chi connectivity index (χ0v) is 19.0. The number of hydrogen-bond donors (Lipinski definition) is 1. The van der Waals surface area contributed by atoms with E-state index in [2.05, 4.69) is 6.07 Å². The van der Waals surface area contributed by atoms with Crippen LogP contribution in [0.4, 0.5) is 0 Å². The fourth-order valence-corrected chi connectivity index (χ4v) is 4.51. The molecule has 0 aliphatic heterocycles. The summed E-state index contributed by atoms with van der Waals surface area (Å²) in [6.07, 6.45) is 6.90. The van der Waals surface area contributed by atoms with Crippen LogP contribution in [-0.2, 0) is 0 Å². The summed E-state index contributed by atoms with van der Waals surface area (Å²) < 4.78 is 7.07. The summed E-state index contributed by atoms with van der Waals surface area (Å²) in [6, 6.07) is 19.2. The molecule has 1 saturated carbocycles. The molecule has 0 spiro atoms. The number of rotatable bonds is 6. The molecule has 1 aliphatic carbocycles. The molecule has 0 saturated heterocycles. The van der Waals surface area contributed by atoms with Gasteiger partial charge in [0.2, 0.25) is 0 Å². The molecule has 2 N–H and O–H groups in total. The van der Waals surface area contributed by atoms with Crippen LogP contribution >= 0.6 is 0 Å². The summed E-state index contributed by atoms with van der Waals surface area (Å²) >= 11 is 0. The molecule has 2 atom stereocenters. The molecule has 33 heavy (non-hydrogen) atoms. The quantitative estimate of drug-likeness (QED) is 0.524. The Hall–Kier alpha value is -3.43. The number of nitriles is 1. The van der Waals surface area contributed by atoms with E-state index in [1.807, 2.05) is 42.5 Å². The minimum atomic E-state index is 0.0660. The van der Waals surface area contributed by atoms with Crippen molar-refractivity contribution in [1.29, 1.82) is 5.26 Å². The average Bonchev–Trinajstić information content (AvgIpc) is 3.29. The topological polar surface area (TPSA) is 93.9 Å². The summed E-state index contributed by atoms with van der Waals surface area (Å²) in [5.74, 6) is 1.19. The van der Waals surface area contributed by atoms with Crippen molar-refractivity contribution in [3.8, 4) is 28.8 Å².